The number of aryl methyl sites for hydroxylation is 2. The van der Waals surface area contributed by atoms with E-state index in [1.54, 1.807) is 18.7 Å². The van der Waals surface area contributed by atoms with E-state index < -0.39 is 11.7 Å². The monoisotopic (exact) mass is 364 g/mol. The molecular formula is C17H18ClFN4O2. The predicted molar refractivity (Wildman–Crippen MR) is 94.8 cm³/mol. The second kappa shape index (κ2) is 7.94. The molecule has 0 aliphatic carbocycles. The third-order valence-electron chi connectivity index (χ3n) is 3.57. The normalized spacial score (nSPS) is 10.9. The number of aromatic nitrogens is 2. The zero-order valence-electron chi connectivity index (χ0n) is 14.1. The number of rotatable bonds is 5. The first-order chi connectivity index (χ1) is 11.8. The van der Waals surface area contributed by atoms with Gasteiger partial charge in [-0.1, -0.05) is 17.7 Å². The highest BCUT2D eigenvalue weighted by Crippen LogP contribution is 2.18. The molecule has 0 bridgehead atoms. The number of hydrogen-bond acceptors (Lipinski definition) is 3. The second-order valence-electron chi connectivity index (χ2n) is 5.44. The average Bonchev–Trinajstić information content (AvgIpc) is 2.80. The lowest BCUT2D eigenvalue weighted by molar-refractivity contribution is -0.121. The van der Waals surface area contributed by atoms with E-state index in [4.69, 9.17) is 11.6 Å². The van der Waals surface area contributed by atoms with Crippen molar-refractivity contribution >= 4 is 35.2 Å². The molecule has 132 valence electrons. The van der Waals surface area contributed by atoms with Crippen molar-refractivity contribution in [2.75, 3.05) is 11.9 Å². The summed E-state index contributed by atoms with van der Waals surface area (Å²) in [6.45, 7) is 3.45. The lowest BCUT2D eigenvalue weighted by atomic mass is 10.2. The van der Waals surface area contributed by atoms with Gasteiger partial charge in [0.05, 0.1) is 28.6 Å². The summed E-state index contributed by atoms with van der Waals surface area (Å²) in [5, 5.41) is 9.37. The Morgan fingerprint density at radius 1 is 1.36 bits per heavy atom. The summed E-state index contributed by atoms with van der Waals surface area (Å²) < 4.78 is 14.7. The van der Waals surface area contributed by atoms with Gasteiger partial charge in [-0.15, -0.1) is 0 Å². The Balaban J connectivity index is 1.87. The Bertz CT molecular complexity index is 845. The molecule has 1 heterocycles. The standard InChI is InChI=1S/C17H18ClFN4O2/c1-10-17(11(2)23(3)22-10)21-16(25)9-20-15(24)7-5-12-4-6-14(19)13(18)8-12/h4-8H,9H2,1-3H3,(H,20,24)(H,21,25)/b7-5+. The van der Waals surface area contributed by atoms with Crippen molar-refractivity contribution in [1.29, 1.82) is 0 Å². The smallest absolute Gasteiger partial charge is 0.244 e. The van der Waals surface area contributed by atoms with Crippen LogP contribution in [0.1, 0.15) is 17.0 Å². The molecule has 0 atom stereocenters. The van der Waals surface area contributed by atoms with Crippen molar-refractivity contribution in [3.63, 3.8) is 0 Å². The van der Waals surface area contributed by atoms with Gasteiger partial charge in [-0.05, 0) is 37.6 Å². The molecule has 2 rings (SSSR count). The molecule has 8 heteroatoms. The lowest BCUT2D eigenvalue weighted by Crippen LogP contribution is -2.31. The Morgan fingerprint density at radius 2 is 2.08 bits per heavy atom. The lowest BCUT2D eigenvalue weighted by Gasteiger charge is -2.06. The first kappa shape index (κ1) is 18.7. The summed E-state index contributed by atoms with van der Waals surface area (Å²) in [6, 6.07) is 4.11. The van der Waals surface area contributed by atoms with Crippen molar-refractivity contribution in [3.05, 3.63) is 52.1 Å². The van der Waals surface area contributed by atoms with Gasteiger partial charge < -0.3 is 10.6 Å². The number of nitrogens with zero attached hydrogens (tertiary/aromatic N) is 2. The molecule has 0 saturated carbocycles. The fraction of sp³-hybridized carbons (Fsp3) is 0.235. The third kappa shape index (κ3) is 4.90. The number of halogens is 2. The van der Waals surface area contributed by atoms with Crippen molar-refractivity contribution < 1.29 is 14.0 Å². The third-order valence-corrected chi connectivity index (χ3v) is 3.86. The van der Waals surface area contributed by atoms with E-state index >= 15 is 0 Å². The van der Waals surface area contributed by atoms with E-state index in [0.717, 1.165) is 5.69 Å². The largest absolute Gasteiger partial charge is 0.343 e. The Morgan fingerprint density at radius 3 is 2.68 bits per heavy atom. The van der Waals surface area contributed by atoms with Crippen LogP contribution in [-0.4, -0.2) is 28.1 Å². The number of hydrogen-bond donors (Lipinski definition) is 2. The summed E-state index contributed by atoms with van der Waals surface area (Å²) in [6.07, 6.45) is 2.73. The Kier molecular flexibility index (Phi) is 5.93. The number of benzene rings is 1. The number of carbonyl (C=O) groups is 2. The van der Waals surface area contributed by atoms with E-state index in [1.807, 2.05) is 6.92 Å². The van der Waals surface area contributed by atoms with Gasteiger partial charge >= 0.3 is 0 Å². The molecule has 0 aliphatic heterocycles. The average molecular weight is 365 g/mol. The van der Waals surface area contributed by atoms with Crippen LogP contribution in [0.5, 0.6) is 0 Å². The van der Waals surface area contributed by atoms with E-state index in [9.17, 15) is 14.0 Å². The van der Waals surface area contributed by atoms with Crippen LogP contribution in [0.4, 0.5) is 10.1 Å². The van der Waals surface area contributed by atoms with Gasteiger partial charge in [-0.3, -0.25) is 14.3 Å². The SMILES string of the molecule is Cc1nn(C)c(C)c1NC(=O)CNC(=O)/C=C/c1ccc(F)c(Cl)c1. The highest BCUT2D eigenvalue weighted by molar-refractivity contribution is 6.30. The van der Waals surface area contributed by atoms with Crippen LogP contribution in [0, 0.1) is 19.7 Å². The Labute approximate surface area is 149 Å². The quantitative estimate of drug-likeness (QED) is 0.801. The van der Waals surface area contributed by atoms with Crippen molar-refractivity contribution in [2.45, 2.75) is 13.8 Å². The van der Waals surface area contributed by atoms with E-state index in [-0.39, 0.29) is 17.5 Å². The topological polar surface area (TPSA) is 76.0 Å². The zero-order chi connectivity index (χ0) is 18.6. The van der Waals surface area contributed by atoms with Gasteiger partial charge in [0.15, 0.2) is 0 Å². The molecule has 0 radical (unpaired) electrons. The van der Waals surface area contributed by atoms with Crippen molar-refractivity contribution in [1.82, 2.24) is 15.1 Å². The summed E-state index contributed by atoms with van der Waals surface area (Å²) in [7, 11) is 1.78. The van der Waals surface area contributed by atoms with Crippen LogP contribution in [0.25, 0.3) is 6.08 Å². The number of nitrogens with one attached hydrogen (secondary N) is 2. The summed E-state index contributed by atoms with van der Waals surface area (Å²) in [5.41, 5.74) is 2.74. The fourth-order valence-electron chi connectivity index (χ4n) is 2.15. The number of anilines is 1. The van der Waals surface area contributed by atoms with E-state index in [2.05, 4.69) is 15.7 Å². The molecule has 0 unspecified atom stereocenters. The maximum atomic E-state index is 13.1. The maximum absolute atomic E-state index is 13.1. The Hall–Kier alpha value is -2.67. The summed E-state index contributed by atoms with van der Waals surface area (Å²) in [4.78, 5) is 23.7. The van der Waals surface area contributed by atoms with Crippen molar-refractivity contribution in [3.8, 4) is 0 Å². The van der Waals surface area contributed by atoms with Crippen LogP contribution >= 0.6 is 11.6 Å². The van der Waals surface area contributed by atoms with Crippen LogP contribution in [0.2, 0.25) is 5.02 Å². The van der Waals surface area contributed by atoms with Crippen LogP contribution in [-0.2, 0) is 16.6 Å². The van der Waals surface area contributed by atoms with Crippen LogP contribution in [0.3, 0.4) is 0 Å². The second-order valence-corrected chi connectivity index (χ2v) is 5.85. The van der Waals surface area contributed by atoms with Gasteiger partial charge in [0.2, 0.25) is 11.8 Å². The van der Waals surface area contributed by atoms with E-state index in [0.29, 0.717) is 16.9 Å². The van der Waals surface area contributed by atoms with Gasteiger partial charge in [-0.2, -0.15) is 5.10 Å². The predicted octanol–water partition coefficient (Wildman–Crippen LogP) is 2.60. The fourth-order valence-corrected chi connectivity index (χ4v) is 2.34. The molecule has 2 aromatic rings. The van der Waals surface area contributed by atoms with Crippen LogP contribution in [0.15, 0.2) is 24.3 Å². The molecule has 1 aromatic carbocycles. The molecule has 25 heavy (non-hydrogen) atoms. The molecule has 1 aromatic heterocycles. The number of carbonyl (C=O) groups excluding carboxylic acids is 2. The van der Waals surface area contributed by atoms with Crippen LogP contribution < -0.4 is 10.6 Å². The molecule has 0 aliphatic rings. The molecule has 0 fully saturated rings. The molecular weight excluding hydrogens is 347 g/mol. The van der Waals surface area contributed by atoms with Gasteiger partial charge in [-0.25, -0.2) is 4.39 Å². The zero-order valence-corrected chi connectivity index (χ0v) is 14.8. The maximum Gasteiger partial charge on any atom is 0.244 e. The van der Waals surface area contributed by atoms with Gasteiger partial charge in [0.1, 0.15) is 5.82 Å². The summed E-state index contributed by atoms with van der Waals surface area (Å²) in [5.74, 6) is -1.33. The first-order valence-electron chi connectivity index (χ1n) is 7.49. The highest BCUT2D eigenvalue weighted by atomic mass is 35.5. The van der Waals surface area contributed by atoms with Gasteiger partial charge in [0, 0.05) is 13.1 Å². The molecule has 0 saturated heterocycles. The van der Waals surface area contributed by atoms with Gasteiger partial charge in [0.25, 0.3) is 0 Å². The molecule has 6 nitrogen and oxygen atoms in total. The molecule has 2 amide bonds. The minimum atomic E-state index is -0.527. The molecule has 2 N–H and O–H groups in total. The van der Waals surface area contributed by atoms with E-state index in [1.165, 1.54) is 30.4 Å². The summed E-state index contributed by atoms with van der Waals surface area (Å²) >= 11 is 5.67. The van der Waals surface area contributed by atoms with Crippen molar-refractivity contribution in [2.24, 2.45) is 7.05 Å². The minimum absolute atomic E-state index is 0.0239. The minimum Gasteiger partial charge on any atom is -0.343 e. The highest BCUT2D eigenvalue weighted by Gasteiger charge is 2.12. The number of amides is 2. The first-order valence-corrected chi connectivity index (χ1v) is 7.86. The molecule has 0 spiro atoms.